The fraction of sp³-hybridized carbons (Fsp3) is 0.179. The van der Waals surface area contributed by atoms with Gasteiger partial charge in [-0.15, -0.1) is 10.2 Å². The van der Waals surface area contributed by atoms with Crippen molar-refractivity contribution in [3.63, 3.8) is 0 Å². The minimum Gasteiger partial charge on any atom is -0.321 e. The first-order valence-corrected chi connectivity index (χ1v) is 12.1. The van der Waals surface area contributed by atoms with Gasteiger partial charge >= 0.3 is 0 Å². The van der Waals surface area contributed by atoms with E-state index in [1.165, 1.54) is 12.0 Å². The lowest BCUT2D eigenvalue weighted by Crippen LogP contribution is -2.43. The molecule has 1 aliphatic carbocycles. The van der Waals surface area contributed by atoms with Crippen molar-refractivity contribution in [2.75, 3.05) is 0 Å². The molecule has 0 bridgehead atoms. The van der Waals surface area contributed by atoms with E-state index in [9.17, 15) is 0 Å². The Kier molecular flexibility index (Phi) is 4.52. The number of H-pyrrole nitrogens is 1. The van der Waals surface area contributed by atoms with Crippen LogP contribution >= 0.6 is 0 Å². The second-order valence-electron chi connectivity index (χ2n) is 9.53. The predicted octanol–water partition coefficient (Wildman–Crippen LogP) is 5.04. The molecule has 1 aliphatic rings. The molecule has 1 saturated carbocycles. The Morgan fingerprint density at radius 3 is 2.42 bits per heavy atom. The lowest BCUT2D eigenvalue weighted by Gasteiger charge is -2.38. The molecule has 8 nitrogen and oxygen atoms in total. The van der Waals surface area contributed by atoms with Crippen LogP contribution in [0.25, 0.3) is 50.6 Å². The molecule has 36 heavy (non-hydrogen) atoms. The third-order valence-corrected chi connectivity index (χ3v) is 7.24. The SMILES string of the molecule is Cc1n[nH]c(-c2nnc3c4cc(-c5ccccc5)c(-c5ccc(C6(N)CCC6)cc5)nc4ccn23)n1. The normalized spacial score (nSPS) is 14.8. The summed E-state index contributed by atoms with van der Waals surface area (Å²) in [5.41, 5.74) is 13.3. The first-order chi connectivity index (χ1) is 17.6. The summed E-state index contributed by atoms with van der Waals surface area (Å²) in [7, 11) is 0. The number of hydrogen-bond donors (Lipinski definition) is 2. The zero-order chi connectivity index (χ0) is 24.3. The second-order valence-corrected chi connectivity index (χ2v) is 9.53. The van der Waals surface area contributed by atoms with Gasteiger partial charge in [-0.25, -0.2) is 9.97 Å². The first-order valence-electron chi connectivity index (χ1n) is 12.1. The van der Waals surface area contributed by atoms with Crippen LogP contribution in [0.3, 0.4) is 0 Å². The van der Waals surface area contributed by atoms with Crippen molar-refractivity contribution in [1.29, 1.82) is 0 Å². The monoisotopic (exact) mass is 472 g/mol. The third kappa shape index (κ3) is 3.22. The van der Waals surface area contributed by atoms with Gasteiger partial charge in [0, 0.05) is 28.2 Å². The van der Waals surface area contributed by atoms with Crippen molar-refractivity contribution in [2.45, 2.75) is 31.7 Å². The summed E-state index contributed by atoms with van der Waals surface area (Å²) >= 11 is 0. The largest absolute Gasteiger partial charge is 0.321 e. The van der Waals surface area contributed by atoms with Crippen LogP contribution in [0.5, 0.6) is 0 Å². The highest BCUT2D eigenvalue weighted by atomic mass is 15.3. The van der Waals surface area contributed by atoms with Crippen LogP contribution in [-0.4, -0.2) is 34.8 Å². The number of nitrogens with one attached hydrogen (secondary N) is 1. The highest BCUT2D eigenvalue weighted by Gasteiger charge is 2.34. The number of fused-ring (bicyclic) bond motifs is 3. The molecular weight excluding hydrogens is 448 g/mol. The van der Waals surface area contributed by atoms with Gasteiger partial charge in [0.15, 0.2) is 11.5 Å². The van der Waals surface area contributed by atoms with E-state index < -0.39 is 0 Å². The molecule has 0 aliphatic heterocycles. The van der Waals surface area contributed by atoms with Gasteiger partial charge in [-0.1, -0.05) is 54.6 Å². The zero-order valence-corrected chi connectivity index (χ0v) is 19.8. The topological polar surface area (TPSA) is 111 Å². The molecule has 6 aromatic rings. The van der Waals surface area contributed by atoms with Gasteiger partial charge in [0.25, 0.3) is 0 Å². The Hall–Kier alpha value is -4.43. The highest BCUT2D eigenvalue weighted by Crippen LogP contribution is 2.40. The molecule has 4 heterocycles. The fourth-order valence-corrected chi connectivity index (χ4v) is 5.07. The molecule has 3 N–H and O–H groups in total. The molecule has 2 aromatic carbocycles. The van der Waals surface area contributed by atoms with Crippen molar-refractivity contribution >= 4 is 16.6 Å². The Morgan fingerprint density at radius 2 is 1.72 bits per heavy atom. The van der Waals surface area contributed by atoms with Crippen molar-refractivity contribution in [3.05, 3.63) is 84.3 Å². The van der Waals surface area contributed by atoms with Gasteiger partial charge in [0.05, 0.1) is 11.2 Å². The average molecular weight is 473 g/mol. The number of pyridine rings is 2. The molecule has 0 atom stereocenters. The van der Waals surface area contributed by atoms with Crippen LogP contribution in [0, 0.1) is 6.92 Å². The summed E-state index contributed by atoms with van der Waals surface area (Å²) in [5, 5.41) is 16.9. The van der Waals surface area contributed by atoms with Crippen LogP contribution in [0.4, 0.5) is 0 Å². The summed E-state index contributed by atoms with van der Waals surface area (Å²) in [6.07, 6.45) is 5.21. The molecule has 8 heteroatoms. The van der Waals surface area contributed by atoms with Crippen LogP contribution in [0.2, 0.25) is 0 Å². The Labute approximate surface area is 207 Å². The molecule has 7 rings (SSSR count). The molecule has 0 unspecified atom stereocenters. The number of rotatable bonds is 4. The molecule has 0 radical (unpaired) electrons. The molecule has 0 spiro atoms. The summed E-state index contributed by atoms with van der Waals surface area (Å²) in [4.78, 5) is 9.56. The van der Waals surface area contributed by atoms with E-state index in [-0.39, 0.29) is 5.54 Å². The molecule has 0 amide bonds. The van der Waals surface area contributed by atoms with Gasteiger partial charge < -0.3 is 5.73 Å². The van der Waals surface area contributed by atoms with Crippen LogP contribution in [-0.2, 0) is 5.54 Å². The first kappa shape index (κ1) is 20.9. The lowest BCUT2D eigenvalue weighted by molar-refractivity contribution is 0.253. The maximum Gasteiger partial charge on any atom is 0.205 e. The minimum absolute atomic E-state index is 0.184. The summed E-state index contributed by atoms with van der Waals surface area (Å²) in [6.45, 7) is 1.84. The van der Waals surface area contributed by atoms with Crippen molar-refractivity contribution in [1.82, 2.24) is 34.8 Å². The van der Waals surface area contributed by atoms with E-state index >= 15 is 0 Å². The Morgan fingerprint density at radius 1 is 0.917 bits per heavy atom. The maximum atomic E-state index is 6.56. The Balaban J connectivity index is 1.42. The number of nitrogens with zero attached hydrogens (tertiary/aromatic N) is 6. The van der Waals surface area contributed by atoms with Gasteiger partial charge in [-0.3, -0.25) is 9.50 Å². The zero-order valence-electron chi connectivity index (χ0n) is 19.8. The van der Waals surface area contributed by atoms with E-state index in [4.69, 9.17) is 10.7 Å². The van der Waals surface area contributed by atoms with E-state index in [0.29, 0.717) is 17.5 Å². The predicted molar refractivity (Wildman–Crippen MR) is 139 cm³/mol. The molecule has 0 saturated heterocycles. The molecular formula is C28H24N8. The smallest absolute Gasteiger partial charge is 0.205 e. The van der Waals surface area contributed by atoms with E-state index in [2.05, 4.69) is 67.8 Å². The van der Waals surface area contributed by atoms with E-state index in [0.717, 1.165) is 51.8 Å². The van der Waals surface area contributed by atoms with Gasteiger partial charge in [-0.2, -0.15) is 5.10 Å². The van der Waals surface area contributed by atoms with Gasteiger partial charge in [-0.05, 0) is 49.4 Å². The Bertz CT molecular complexity index is 1730. The van der Waals surface area contributed by atoms with Crippen LogP contribution in [0.1, 0.15) is 30.7 Å². The molecule has 1 fully saturated rings. The third-order valence-electron chi connectivity index (χ3n) is 7.24. The molecule has 4 aromatic heterocycles. The highest BCUT2D eigenvalue weighted by molar-refractivity contribution is 5.98. The van der Waals surface area contributed by atoms with Crippen molar-refractivity contribution < 1.29 is 0 Å². The lowest BCUT2D eigenvalue weighted by atomic mass is 9.72. The summed E-state index contributed by atoms with van der Waals surface area (Å²) in [5.74, 6) is 1.85. The molecule has 176 valence electrons. The van der Waals surface area contributed by atoms with Gasteiger partial charge in [0.1, 0.15) is 5.82 Å². The number of benzene rings is 2. The standard InChI is InChI=1S/C28H24N8/c1-17-30-25(33-32-17)27-35-34-26-22-16-21(18-6-3-2-4-7-18)24(31-23(22)12-15-36(26)27)19-8-10-20(11-9-19)28(29)13-5-14-28/h2-4,6-12,15-16H,5,13-14,29H2,1H3,(H,30,32,33). The number of aromatic nitrogens is 7. The fourth-order valence-electron chi connectivity index (χ4n) is 5.07. The maximum absolute atomic E-state index is 6.56. The van der Waals surface area contributed by atoms with Crippen LogP contribution < -0.4 is 5.73 Å². The summed E-state index contributed by atoms with van der Waals surface area (Å²) < 4.78 is 1.92. The number of nitrogens with two attached hydrogens (primary N) is 1. The van der Waals surface area contributed by atoms with Crippen molar-refractivity contribution in [3.8, 4) is 34.0 Å². The van der Waals surface area contributed by atoms with E-state index in [1.807, 2.05) is 41.8 Å². The minimum atomic E-state index is -0.184. The number of aromatic amines is 1. The summed E-state index contributed by atoms with van der Waals surface area (Å²) in [6, 6.07) is 23.1. The van der Waals surface area contributed by atoms with Crippen molar-refractivity contribution in [2.24, 2.45) is 5.73 Å². The average Bonchev–Trinajstić information content (AvgIpc) is 3.53. The quantitative estimate of drug-likeness (QED) is 0.372. The van der Waals surface area contributed by atoms with Crippen LogP contribution in [0.15, 0.2) is 72.9 Å². The second kappa shape index (κ2) is 7.79. The van der Waals surface area contributed by atoms with E-state index in [1.54, 1.807) is 0 Å². The number of aryl methyl sites for hydroxylation is 1. The number of hydrogen-bond acceptors (Lipinski definition) is 6. The van der Waals surface area contributed by atoms with Gasteiger partial charge in [0.2, 0.25) is 5.82 Å².